The van der Waals surface area contributed by atoms with E-state index in [0.717, 1.165) is 51.9 Å². The van der Waals surface area contributed by atoms with Crippen molar-refractivity contribution in [1.82, 2.24) is 14.8 Å². The van der Waals surface area contributed by atoms with Crippen LogP contribution >= 0.6 is 0 Å². The third kappa shape index (κ3) is 2.49. The molecule has 1 aliphatic carbocycles. The van der Waals surface area contributed by atoms with E-state index in [1.54, 1.807) is 0 Å². The summed E-state index contributed by atoms with van der Waals surface area (Å²) < 4.78 is 0. The average molecular weight is 364 g/mol. The molecule has 4 heteroatoms. The van der Waals surface area contributed by atoms with Gasteiger partial charge in [0.2, 0.25) is 5.91 Å². The Morgan fingerprint density at radius 1 is 1.30 bits per heavy atom. The molecule has 1 fully saturated rings. The normalized spacial score (nSPS) is 27.7. The Labute approximate surface area is 161 Å². The molecule has 1 amide bonds. The first-order valence-corrected chi connectivity index (χ1v) is 10.5. The molecule has 142 valence electrons. The molecule has 27 heavy (non-hydrogen) atoms. The zero-order valence-corrected chi connectivity index (χ0v) is 16.4. The zero-order chi connectivity index (χ0) is 18.6. The van der Waals surface area contributed by atoms with Crippen molar-refractivity contribution in [2.24, 2.45) is 5.92 Å². The van der Waals surface area contributed by atoms with Crippen LogP contribution in [0.5, 0.6) is 0 Å². The number of nitrogens with one attached hydrogen (secondary N) is 1. The molecule has 3 aliphatic rings. The van der Waals surface area contributed by atoms with Crippen molar-refractivity contribution in [2.75, 3.05) is 26.2 Å². The number of aromatic nitrogens is 1. The summed E-state index contributed by atoms with van der Waals surface area (Å²) in [6.07, 6.45) is 8.92. The number of H-pyrrole nitrogens is 1. The number of hydrogen-bond donors (Lipinski definition) is 1. The highest BCUT2D eigenvalue weighted by molar-refractivity contribution is 6.00. The van der Waals surface area contributed by atoms with Crippen LogP contribution < -0.4 is 0 Å². The topological polar surface area (TPSA) is 39.3 Å². The molecule has 1 aromatic heterocycles. The van der Waals surface area contributed by atoms with Gasteiger partial charge in [0.25, 0.3) is 0 Å². The van der Waals surface area contributed by atoms with Crippen molar-refractivity contribution in [2.45, 2.75) is 45.1 Å². The van der Waals surface area contributed by atoms with Gasteiger partial charge in [-0.1, -0.05) is 25.1 Å². The average Bonchev–Trinajstić information content (AvgIpc) is 3.33. The van der Waals surface area contributed by atoms with Crippen LogP contribution in [0.15, 0.2) is 30.5 Å². The predicted octanol–water partition coefficient (Wildman–Crippen LogP) is 3.83. The van der Waals surface area contributed by atoms with Crippen molar-refractivity contribution in [3.63, 3.8) is 0 Å². The molecular formula is C23H29N3O. The van der Waals surface area contributed by atoms with Gasteiger partial charge in [0.1, 0.15) is 0 Å². The molecule has 2 atom stereocenters. The van der Waals surface area contributed by atoms with Gasteiger partial charge in [0.05, 0.1) is 5.92 Å². The second-order valence-corrected chi connectivity index (χ2v) is 8.66. The van der Waals surface area contributed by atoms with Gasteiger partial charge in [-0.3, -0.25) is 9.69 Å². The van der Waals surface area contributed by atoms with E-state index in [0.29, 0.717) is 5.91 Å². The van der Waals surface area contributed by atoms with Gasteiger partial charge < -0.3 is 9.88 Å². The molecule has 2 aliphatic heterocycles. The number of rotatable bonds is 3. The van der Waals surface area contributed by atoms with Crippen LogP contribution in [0.2, 0.25) is 0 Å². The van der Waals surface area contributed by atoms with Crippen LogP contribution in [-0.4, -0.2) is 52.4 Å². The maximum atomic E-state index is 13.2. The number of hydrogen-bond acceptors (Lipinski definition) is 2. The lowest BCUT2D eigenvalue weighted by atomic mass is 9.71. The molecule has 0 bridgehead atoms. The Morgan fingerprint density at radius 2 is 2.11 bits per heavy atom. The smallest absolute Gasteiger partial charge is 0.230 e. The minimum atomic E-state index is -0.0265. The number of carbonyl (C=O) groups is 1. The lowest BCUT2D eigenvalue weighted by molar-refractivity contribution is -0.134. The molecule has 0 unspecified atom stereocenters. The van der Waals surface area contributed by atoms with E-state index >= 15 is 0 Å². The Hall–Kier alpha value is -2.07. The first-order chi connectivity index (χ1) is 13.1. The highest BCUT2D eigenvalue weighted by Gasteiger charge is 2.45. The lowest BCUT2D eigenvalue weighted by Gasteiger charge is -2.50. The second kappa shape index (κ2) is 6.23. The molecule has 1 saturated heterocycles. The largest absolute Gasteiger partial charge is 0.361 e. The summed E-state index contributed by atoms with van der Waals surface area (Å²) in [7, 11) is 0. The van der Waals surface area contributed by atoms with Gasteiger partial charge in [-0.25, -0.2) is 0 Å². The molecule has 0 spiro atoms. The number of benzene rings is 1. The maximum absolute atomic E-state index is 13.2. The minimum Gasteiger partial charge on any atom is -0.361 e. The van der Waals surface area contributed by atoms with E-state index in [2.05, 4.69) is 59.1 Å². The van der Waals surface area contributed by atoms with Crippen molar-refractivity contribution in [3.8, 4) is 0 Å². The monoisotopic (exact) mass is 363 g/mol. The molecule has 5 rings (SSSR count). The summed E-state index contributed by atoms with van der Waals surface area (Å²) in [5, 5.41) is 1.35. The molecule has 1 aromatic carbocycles. The summed E-state index contributed by atoms with van der Waals surface area (Å²) in [6.45, 7) is 8.36. The maximum Gasteiger partial charge on any atom is 0.230 e. The third-order valence-corrected chi connectivity index (χ3v) is 6.90. The Kier molecular flexibility index (Phi) is 3.94. The van der Waals surface area contributed by atoms with Crippen molar-refractivity contribution < 1.29 is 4.79 Å². The molecule has 0 radical (unpaired) electrons. The van der Waals surface area contributed by atoms with Crippen LogP contribution in [-0.2, 0) is 11.2 Å². The predicted molar refractivity (Wildman–Crippen MR) is 110 cm³/mol. The van der Waals surface area contributed by atoms with E-state index in [1.165, 1.54) is 27.6 Å². The van der Waals surface area contributed by atoms with Crippen molar-refractivity contribution >= 4 is 22.4 Å². The highest BCUT2D eigenvalue weighted by Crippen LogP contribution is 2.47. The number of likely N-dealkylation sites (tertiary alicyclic amines) is 1. The lowest BCUT2D eigenvalue weighted by Crippen LogP contribution is -2.56. The summed E-state index contributed by atoms with van der Waals surface area (Å²) in [5.74, 6) is 0.309. The van der Waals surface area contributed by atoms with Gasteiger partial charge >= 0.3 is 0 Å². The Balaban J connectivity index is 1.64. The van der Waals surface area contributed by atoms with Gasteiger partial charge in [0, 0.05) is 42.3 Å². The van der Waals surface area contributed by atoms with E-state index in [9.17, 15) is 4.79 Å². The number of fused-ring (bicyclic) bond motifs is 2. The van der Waals surface area contributed by atoms with E-state index < -0.39 is 0 Å². The summed E-state index contributed by atoms with van der Waals surface area (Å²) in [6, 6.07) is 6.54. The number of nitrogens with zero attached hydrogens (tertiary/aromatic N) is 2. The summed E-state index contributed by atoms with van der Waals surface area (Å²) in [4.78, 5) is 21.3. The second-order valence-electron chi connectivity index (χ2n) is 8.66. The van der Waals surface area contributed by atoms with E-state index in [1.807, 2.05) is 0 Å². The van der Waals surface area contributed by atoms with Crippen molar-refractivity contribution in [3.05, 3.63) is 41.6 Å². The van der Waals surface area contributed by atoms with Gasteiger partial charge in [0.15, 0.2) is 0 Å². The van der Waals surface area contributed by atoms with Crippen molar-refractivity contribution in [1.29, 1.82) is 0 Å². The van der Waals surface area contributed by atoms with Crippen LogP contribution in [0.25, 0.3) is 16.5 Å². The molecule has 0 saturated carbocycles. The summed E-state index contributed by atoms with van der Waals surface area (Å²) >= 11 is 0. The van der Waals surface area contributed by atoms with Gasteiger partial charge in [-0.2, -0.15) is 0 Å². The van der Waals surface area contributed by atoms with Crippen LogP contribution in [0.3, 0.4) is 0 Å². The third-order valence-electron chi connectivity index (χ3n) is 6.90. The quantitative estimate of drug-likeness (QED) is 0.900. The highest BCUT2D eigenvalue weighted by atomic mass is 16.2. The SMILES string of the molecule is CCCN1C[C@H](C(=O)N2CCCC2)C=C2c3cccc4[nH]cc(c34)C[C@]21C. The van der Waals surface area contributed by atoms with Gasteiger partial charge in [-0.05, 0) is 61.9 Å². The Morgan fingerprint density at radius 3 is 2.89 bits per heavy atom. The van der Waals surface area contributed by atoms with Crippen LogP contribution in [0.1, 0.15) is 44.2 Å². The number of aromatic amines is 1. The zero-order valence-electron chi connectivity index (χ0n) is 16.4. The first kappa shape index (κ1) is 17.1. The van der Waals surface area contributed by atoms with Crippen LogP contribution in [0.4, 0.5) is 0 Å². The van der Waals surface area contributed by atoms with Gasteiger partial charge in [-0.15, -0.1) is 0 Å². The summed E-state index contributed by atoms with van der Waals surface area (Å²) in [5.41, 5.74) is 5.27. The first-order valence-electron chi connectivity index (χ1n) is 10.5. The Bertz CT molecular complexity index is 921. The number of carbonyl (C=O) groups excluding carboxylic acids is 1. The molecule has 1 N–H and O–H groups in total. The fourth-order valence-electron chi connectivity index (χ4n) is 5.55. The fraction of sp³-hybridized carbons (Fsp3) is 0.522. The number of amides is 1. The molecular weight excluding hydrogens is 334 g/mol. The van der Waals surface area contributed by atoms with E-state index in [4.69, 9.17) is 0 Å². The minimum absolute atomic E-state index is 0.0199. The van der Waals surface area contributed by atoms with E-state index in [-0.39, 0.29) is 11.5 Å². The van der Waals surface area contributed by atoms with Crippen LogP contribution in [0, 0.1) is 5.92 Å². The molecule has 3 heterocycles. The fourth-order valence-corrected chi connectivity index (χ4v) is 5.55. The molecule has 4 nitrogen and oxygen atoms in total. The molecule has 2 aromatic rings. The standard InChI is InChI=1S/C23H29N3O/c1-3-9-26-15-16(22(27)25-10-4-5-11-25)12-19-18-7-6-8-20-21(18)17(14-24-20)13-23(19,26)2/h6-8,12,14,16,24H,3-5,9-11,13,15H2,1-2H3/t16-,23-/m1/s1.